The van der Waals surface area contributed by atoms with Crippen LogP contribution in [-0.4, -0.2) is 67.0 Å². The molecule has 0 saturated carbocycles. The molecule has 3 aromatic rings. The predicted octanol–water partition coefficient (Wildman–Crippen LogP) is 1.46. The van der Waals surface area contributed by atoms with Crippen molar-refractivity contribution in [2.75, 3.05) is 46.5 Å². The van der Waals surface area contributed by atoms with E-state index in [2.05, 4.69) is 15.4 Å². The van der Waals surface area contributed by atoms with Gasteiger partial charge in [0.25, 0.3) is 5.91 Å². The zero-order valence-corrected chi connectivity index (χ0v) is 18.1. The van der Waals surface area contributed by atoms with E-state index in [1.165, 1.54) is 12.0 Å². The van der Waals surface area contributed by atoms with Crippen LogP contribution >= 0.6 is 0 Å². The van der Waals surface area contributed by atoms with Crippen LogP contribution in [0.1, 0.15) is 22.5 Å². The highest BCUT2D eigenvalue weighted by Gasteiger charge is 2.36. The van der Waals surface area contributed by atoms with Gasteiger partial charge in [-0.25, -0.2) is 9.50 Å². The molecule has 0 spiro atoms. The Morgan fingerprint density at radius 1 is 1.24 bits per heavy atom. The van der Waals surface area contributed by atoms with Crippen LogP contribution in [0, 0.1) is 0 Å². The molecular weight excluding hydrogens is 439 g/mol. The summed E-state index contributed by atoms with van der Waals surface area (Å²) in [5.74, 6) is 0.0636. The number of hydrogen-bond donors (Lipinski definition) is 2. The second-order valence-electron chi connectivity index (χ2n) is 7.77. The number of ether oxygens (including phenoxy) is 2. The highest BCUT2D eigenvalue weighted by Crippen LogP contribution is 2.33. The molecule has 1 aliphatic rings. The average Bonchev–Trinajstić information content (AvgIpc) is 3.25. The van der Waals surface area contributed by atoms with Crippen molar-refractivity contribution in [3.63, 3.8) is 0 Å². The van der Waals surface area contributed by atoms with Gasteiger partial charge in [0.05, 0.1) is 38.8 Å². The molecule has 1 aromatic carbocycles. The Morgan fingerprint density at radius 3 is 2.64 bits per heavy atom. The van der Waals surface area contributed by atoms with Crippen LogP contribution in [0.15, 0.2) is 36.5 Å². The number of carbonyl (C=O) groups excluding carboxylic acids is 1. The van der Waals surface area contributed by atoms with Crippen molar-refractivity contribution in [3.8, 4) is 17.0 Å². The van der Waals surface area contributed by atoms with Crippen molar-refractivity contribution in [2.24, 2.45) is 0 Å². The predicted molar refractivity (Wildman–Crippen MR) is 113 cm³/mol. The third-order valence-corrected chi connectivity index (χ3v) is 5.59. The lowest BCUT2D eigenvalue weighted by Gasteiger charge is -2.23. The molecular formula is C22H25F3N5O3+. The number of rotatable bonds is 7. The molecule has 1 saturated heterocycles. The molecule has 0 aliphatic carbocycles. The molecule has 176 valence electrons. The van der Waals surface area contributed by atoms with E-state index in [4.69, 9.17) is 9.47 Å². The number of fused-ring (bicyclic) bond motifs is 1. The largest absolute Gasteiger partial charge is 0.497 e. The Labute approximate surface area is 188 Å². The number of amides is 1. The average molecular weight is 464 g/mol. The minimum Gasteiger partial charge on any atom is -0.497 e. The summed E-state index contributed by atoms with van der Waals surface area (Å²) in [5, 5.41) is 6.58. The molecule has 1 aliphatic heterocycles. The van der Waals surface area contributed by atoms with Crippen molar-refractivity contribution in [2.45, 2.75) is 12.6 Å². The lowest BCUT2D eigenvalue weighted by atomic mass is 10.1. The summed E-state index contributed by atoms with van der Waals surface area (Å²) in [4.78, 5) is 18.5. The fourth-order valence-electron chi connectivity index (χ4n) is 3.78. The van der Waals surface area contributed by atoms with Gasteiger partial charge in [-0.1, -0.05) is 0 Å². The fourth-order valence-corrected chi connectivity index (χ4v) is 3.78. The van der Waals surface area contributed by atoms with Crippen molar-refractivity contribution >= 4 is 11.6 Å². The normalized spacial score (nSPS) is 15.0. The summed E-state index contributed by atoms with van der Waals surface area (Å²) >= 11 is 0. The zero-order valence-electron chi connectivity index (χ0n) is 18.1. The number of carbonyl (C=O) groups is 1. The van der Waals surface area contributed by atoms with E-state index in [9.17, 15) is 18.0 Å². The number of morpholine rings is 1. The second-order valence-corrected chi connectivity index (χ2v) is 7.77. The van der Waals surface area contributed by atoms with E-state index in [0.717, 1.165) is 51.5 Å². The Balaban J connectivity index is 1.57. The van der Waals surface area contributed by atoms with E-state index < -0.39 is 17.8 Å². The van der Waals surface area contributed by atoms with Crippen LogP contribution < -0.4 is 15.0 Å². The van der Waals surface area contributed by atoms with Gasteiger partial charge in [-0.05, 0) is 30.3 Å². The molecule has 4 rings (SSSR count). The minimum atomic E-state index is -4.68. The van der Waals surface area contributed by atoms with Crippen molar-refractivity contribution in [3.05, 3.63) is 47.8 Å². The molecule has 2 aromatic heterocycles. The first kappa shape index (κ1) is 23.0. The number of nitrogens with one attached hydrogen (secondary N) is 2. The lowest BCUT2D eigenvalue weighted by Crippen LogP contribution is -3.14. The summed E-state index contributed by atoms with van der Waals surface area (Å²) < 4.78 is 52.3. The highest BCUT2D eigenvalue weighted by molar-refractivity contribution is 5.99. The van der Waals surface area contributed by atoms with Crippen molar-refractivity contribution < 1.29 is 32.3 Å². The Bertz CT molecular complexity index is 1110. The molecule has 8 nitrogen and oxygen atoms in total. The smallest absolute Gasteiger partial charge is 0.433 e. The number of hydrogen-bond acceptors (Lipinski definition) is 5. The van der Waals surface area contributed by atoms with Gasteiger partial charge >= 0.3 is 6.18 Å². The summed E-state index contributed by atoms with van der Waals surface area (Å²) in [6.45, 7) is 4.61. The second kappa shape index (κ2) is 9.75. The Hall–Kier alpha value is -3.18. The Kier molecular flexibility index (Phi) is 6.80. The third kappa shape index (κ3) is 5.25. The van der Waals surface area contributed by atoms with Gasteiger partial charge in [-0.2, -0.15) is 18.3 Å². The monoisotopic (exact) mass is 464 g/mol. The lowest BCUT2D eigenvalue weighted by molar-refractivity contribution is -0.908. The molecule has 0 atom stereocenters. The van der Waals surface area contributed by atoms with Gasteiger partial charge in [0.15, 0.2) is 11.3 Å². The number of benzene rings is 1. The summed E-state index contributed by atoms with van der Waals surface area (Å²) in [7, 11) is 1.50. The molecule has 0 unspecified atom stereocenters. The number of aromatic nitrogens is 3. The highest BCUT2D eigenvalue weighted by atomic mass is 19.4. The summed E-state index contributed by atoms with van der Waals surface area (Å²) in [6, 6.07) is 7.42. The minimum absolute atomic E-state index is 0.00502. The Morgan fingerprint density at radius 2 is 1.97 bits per heavy atom. The van der Waals surface area contributed by atoms with E-state index in [-0.39, 0.29) is 16.9 Å². The van der Waals surface area contributed by atoms with Crippen molar-refractivity contribution in [1.29, 1.82) is 0 Å². The molecule has 1 amide bonds. The van der Waals surface area contributed by atoms with E-state index >= 15 is 0 Å². The molecule has 0 bridgehead atoms. The number of methoxy groups -OCH3 is 1. The number of alkyl halides is 3. The molecule has 11 heteroatoms. The van der Waals surface area contributed by atoms with Gasteiger partial charge in [-0.3, -0.25) is 4.79 Å². The first-order valence-electron chi connectivity index (χ1n) is 10.7. The SMILES string of the molecule is COc1ccc(-c2cc(C(F)(F)F)n3ncc(C(=O)NCCC[NH+]4CCOCC4)c3n2)cc1. The first-order chi connectivity index (χ1) is 15.9. The van der Waals surface area contributed by atoms with Gasteiger partial charge < -0.3 is 19.7 Å². The van der Waals surface area contributed by atoms with Crippen LogP contribution in [0.25, 0.3) is 16.9 Å². The molecule has 3 heterocycles. The van der Waals surface area contributed by atoms with E-state index in [1.807, 2.05) is 0 Å². The van der Waals surface area contributed by atoms with E-state index in [0.29, 0.717) is 22.4 Å². The van der Waals surface area contributed by atoms with Gasteiger partial charge in [0, 0.05) is 18.5 Å². The fraction of sp³-hybridized carbons (Fsp3) is 0.409. The third-order valence-electron chi connectivity index (χ3n) is 5.59. The topological polar surface area (TPSA) is 82.2 Å². The van der Waals surface area contributed by atoms with Gasteiger partial charge in [0.2, 0.25) is 0 Å². The van der Waals surface area contributed by atoms with Gasteiger partial charge in [0.1, 0.15) is 24.4 Å². The number of halogens is 3. The van der Waals surface area contributed by atoms with Crippen molar-refractivity contribution in [1.82, 2.24) is 19.9 Å². The molecule has 33 heavy (non-hydrogen) atoms. The van der Waals surface area contributed by atoms with Crippen LogP contribution in [0.2, 0.25) is 0 Å². The molecule has 0 radical (unpaired) electrons. The molecule has 1 fully saturated rings. The number of quaternary nitrogens is 1. The van der Waals surface area contributed by atoms with Crippen LogP contribution in [0.3, 0.4) is 0 Å². The van der Waals surface area contributed by atoms with Gasteiger partial charge in [-0.15, -0.1) is 0 Å². The maximum atomic E-state index is 13.7. The maximum absolute atomic E-state index is 13.7. The quantitative estimate of drug-likeness (QED) is 0.518. The van der Waals surface area contributed by atoms with Crippen LogP contribution in [0.5, 0.6) is 5.75 Å². The number of nitrogens with zero attached hydrogens (tertiary/aromatic N) is 3. The summed E-state index contributed by atoms with van der Waals surface area (Å²) in [5.41, 5.74) is -0.609. The van der Waals surface area contributed by atoms with E-state index in [1.54, 1.807) is 24.3 Å². The molecule has 2 N–H and O–H groups in total. The van der Waals surface area contributed by atoms with Crippen LogP contribution in [0.4, 0.5) is 13.2 Å². The standard InChI is InChI=1S/C22H24F3N5O3/c1-32-16-5-3-15(4-6-16)18-13-19(22(23,24)25)30-20(28-18)17(14-27-30)21(31)26-7-2-8-29-9-11-33-12-10-29/h3-6,13-14H,2,7-12H2,1H3,(H,26,31)/p+1. The maximum Gasteiger partial charge on any atom is 0.433 e. The first-order valence-corrected chi connectivity index (χ1v) is 10.7. The summed E-state index contributed by atoms with van der Waals surface area (Å²) in [6.07, 6.45) is -2.81. The van der Waals surface area contributed by atoms with Crippen LogP contribution in [-0.2, 0) is 10.9 Å². The zero-order chi connectivity index (χ0) is 23.4.